The molecule has 4 heteroatoms. The number of carbonyl (C=O) groups excluding carboxylic acids is 1. The quantitative estimate of drug-likeness (QED) is 0.507. The third-order valence-electron chi connectivity index (χ3n) is 3.25. The average molecular weight is 183 g/mol. The molecule has 13 heavy (non-hydrogen) atoms. The first kappa shape index (κ1) is 7.76. The highest BCUT2D eigenvalue weighted by Crippen LogP contribution is 2.37. The summed E-state index contributed by atoms with van der Waals surface area (Å²) < 4.78 is 4.98. The largest absolute Gasteiger partial charge is 0.462 e. The van der Waals surface area contributed by atoms with E-state index < -0.39 is 0 Å². The van der Waals surface area contributed by atoms with Gasteiger partial charge in [-0.15, -0.1) is 0 Å². The number of rotatable bonds is 0. The molecule has 0 aromatic heterocycles. The second-order valence-electron chi connectivity index (χ2n) is 4.00. The van der Waals surface area contributed by atoms with Gasteiger partial charge in [-0.05, 0) is 12.8 Å². The Morgan fingerprint density at radius 2 is 2.31 bits per heavy atom. The Bertz CT molecular complexity index is 243. The fourth-order valence-corrected chi connectivity index (χ4v) is 2.61. The van der Waals surface area contributed by atoms with Gasteiger partial charge in [0.1, 0.15) is 18.6 Å². The SMILES string of the molecule is O=C1OC[C@@H]2ON3CCCC[C@@H]3[C@H]12. The first-order valence-electron chi connectivity index (χ1n) is 4.96. The summed E-state index contributed by atoms with van der Waals surface area (Å²) in [7, 11) is 0. The van der Waals surface area contributed by atoms with E-state index in [1.807, 2.05) is 5.06 Å². The average Bonchev–Trinajstić information content (AvgIpc) is 2.66. The van der Waals surface area contributed by atoms with Crippen LogP contribution in [0.1, 0.15) is 19.3 Å². The van der Waals surface area contributed by atoms with Crippen molar-refractivity contribution >= 4 is 5.97 Å². The normalized spacial score (nSPS) is 44.3. The van der Waals surface area contributed by atoms with Crippen molar-refractivity contribution < 1.29 is 14.4 Å². The van der Waals surface area contributed by atoms with E-state index >= 15 is 0 Å². The number of nitrogens with zero attached hydrogens (tertiary/aromatic N) is 1. The lowest BCUT2D eigenvalue weighted by atomic mass is 9.91. The summed E-state index contributed by atoms with van der Waals surface area (Å²) in [5.41, 5.74) is 0. The number of hydrogen-bond donors (Lipinski definition) is 0. The van der Waals surface area contributed by atoms with Gasteiger partial charge in [0.05, 0.1) is 6.04 Å². The fourth-order valence-electron chi connectivity index (χ4n) is 2.61. The number of ether oxygens (including phenoxy) is 1. The van der Waals surface area contributed by atoms with E-state index in [-0.39, 0.29) is 18.0 Å². The van der Waals surface area contributed by atoms with Gasteiger partial charge in [0, 0.05) is 6.54 Å². The van der Waals surface area contributed by atoms with E-state index in [2.05, 4.69) is 0 Å². The van der Waals surface area contributed by atoms with Crippen LogP contribution in [0, 0.1) is 5.92 Å². The Labute approximate surface area is 76.7 Å². The van der Waals surface area contributed by atoms with Crippen molar-refractivity contribution in [3.8, 4) is 0 Å². The molecule has 0 N–H and O–H groups in total. The number of hydroxylamine groups is 2. The molecule has 4 nitrogen and oxygen atoms in total. The highest BCUT2D eigenvalue weighted by Gasteiger charge is 2.52. The molecule has 3 aliphatic heterocycles. The smallest absolute Gasteiger partial charge is 0.313 e. The Morgan fingerprint density at radius 1 is 1.38 bits per heavy atom. The maximum atomic E-state index is 11.4. The summed E-state index contributed by atoms with van der Waals surface area (Å²) in [6.07, 6.45) is 3.48. The highest BCUT2D eigenvalue weighted by molar-refractivity contribution is 5.76. The van der Waals surface area contributed by atoms with Gasteiger partial charge in [-0.1, -0.05) is 6.42 Å². The number of fused-ring (bicyclic) bond motifs is 3. The van der Waals surface area contributed by atoms with Gasteiger partial charge < -0.3 is 4.74 Å². The molecule has 0 aromatic rings. The molecule has 0 amide bonds. The van der Waals surface area contributed by atoms with E-state index in [4.69, 9.17) is 9.57 Å². The van der Waals surface area contributed by atoms with E-state index in [0.29, 0.717) is 12.6 Å². The van der Waals surface area contributed by atoms with E-state index in [1.165, 1.54) is 12.8 Å². The lowest BCUT2D eigenvalue weighted by Gasteiger charge is -2.28. The van der Waals surface area contributed by atoms with Crippen molar-refractivity contribution in [1.29, 1.82) is 0 Å². The molecule has 0 unspecified atom stereocenters. The molecule has 3 atom stereocenters. The van der Waals surface area contributed by atoms with Crippen LogP contribution in [-0.2, 0) is 14.4 Å². The maximum absolute atomic E-state index is 11.4. The molecule has 3 fully saturated rings. The van der Waals surface area contributed by atoms with Gasteiger partial charge in [0.2, 0.25) is 0 Å². The number of esters is 1. The van der Waals surface area contributed by atoms with Gasteiger partial charge in [0.15, 0.2) is 0 Å². The Balaban J connectivity index is 1.85. The topological polar surface area (TPSA) is 38.8 Å². The van der Waals surface area contributed by atoms with Gasteiger partial charge in [-0.25, -0.2) is 0 Å². The summed E-state index contributed by atoms with van der Waals surface area (Å²) in [6.45, 7) is 1.43. The number of piperidine rings is 1. The molecule has 3 aliphatic rings. The first-order chi connectivity index (χ1) is 6.36. The molecule has 0 saturated carbocycles. The molecule has 0 spiro atoms. The maximum Gasteiger partial charge on any atom is 0.313 e. The minimum Gasteiger partial charge on any atom is -0.462 e. The summed E-state index contributed by atoms with van der Waals surface area (Å²) in [5.74, 6) is -0.0558. The van der Waals surface area contributed by atoms with E-state index in [9.17, 15) is 4.79 Å². The molecular weight excluding hydrogens is 170 g/mol. The molecule has 72 valence electrons. The van der Waals surface area contributed by atoms with Crippen molar-refractivity contribution in [2.24, 2.45) is 5.92 Å². The zero-order chi connectivity index (χ0) is 8.84. The van der Waals surface area contributed by atoms with Gasteiger partial charge in [-0.3, -0.25) is 9.63 Å². The molecule has 0 aliphatic carbocycles. The summed E-state index contributed by atoms with van der Waals surface area (Å²) in [4.78, 5) is 17.0. The van der Waals surface area contributed by atoms with Crippen LogP contribution in [-0.4, -0.2) is 36.3 Å². The van der Waals surface area contributed by atoms with Crippen LogP contribution < -0.4 is 0 Å². The molecule has 0 bridgehead atoms. The van der Waals surface area contributed by atoms with Gasteiger partial charge in [0.25, 0.3) is 0 Å². The van der Waals surface area contributed by atoms with Gasteiger partial charge in [-0.2, -0.15) is 5.06 Å². The van der Waals surface area contributed by atoms with Crippen molar-refractivity contribution in [3.05, 3.63) is 0 Å². The number of cyclic esters (lactones) is 1. The second kappa shape index (κ2) is 2.69. The fraction of sp³-hybridized carbons (Fsp3) is 0.889. The predicted octanol–water partition coefficient (Wildman–Crippen LogP) is 0.328. The Morgan fingerprint density at radius 3 is 3.23 bits per heavy atom. The van der Waals surface area contributed by atoms with Crippen LogP contribution in [0.25, 0.3) is 0 Å². The second-order valence-corrected chi connectivity index (χ2v) is 4.00. The van der Waals surface area contributed by atoms with Crippen LogP contribution in [0.5, 0.6) is 0 Å². The van der Waals surface area contributed by atoms with Crippen molar-refractivity contribution in [3.63, 3.8) is 0 Å². The van der Waals surface area contributed by atoms with Crippen molar-refractivity contribution in [1.82, 2.24) is 5.06 Å². The van der Waals surface area contributed by atoms with E-state index in [0.717, 1.165) is 13.0 Å². The van der Waals surface area contributed by atoms with Crippen molar-refractivity contribution in [2.75, 3.05) is 13.2 Å². The Hall–Kier alpha value is -0.610. The minimum atomic E-state index is -0.0561. The molecule has 0 aromatic carbocycles. The summed E-state index contributed by atoms with van der Waals surface area (Å²) >= 11 is 0. The zero-order valence-electron chi connectivity index (χ0n) is 7.44. The van der Waals surface area contributed by atoms with Crippen LogP contribution in [0.4, 0.5) is 0 Å². The van der Waals surface area contributed by atoms with Crippen LogP contribution >= 0.6 is 0 Å². The molecule has 3 heterocycles. The predicted molar refractivity (Wildman–Crippen MR) is 43.7 cm³/mol. The van der Waals surface area contributed by atoms with Crippen LogP contribution in [0.15, 0.2) is 0 Å². The van der Waals surface area contributed by atoms with Gasteiger partial charge >= 0.3 is 5.97 Å². The summed E-state index contributed by atoms with van der Waals surface area (Å²) in [5, 5.41) is 2.00. The molecular formula is C9H13NO3. The Kier molecular flexibility index (Phi) is 1.60. The lowest BCUT2D eigenvalue weighted by Crippen LogP contribution is -2.38. The minimum absolute atomic E-state index is 0.000278. The first-order valence-corrected chi connectivity index (χ1v) is 4.96. The summed E-state index contributed by atoms with van der Waals surface area (Å²) in [6, 6.07) is 0.300. The third-order valence-corrected chi connectivity index (χ3v) is 3.25. The van der Waals surface area contributed by atoms with E-state index in [1.54, 1.807) is 0 Å². The van der Waals surface area contributed by atoms with Crippen LogP contribution in [0.3, 0.4) is 0 Å². The van der Waals surface area contributed by atoms with Crippen LogP contribution in [0.2, 0.25) is 0 Å². The molecule has 0 radical (unpaired) electrons. The number of carbonyl (C=O) groups is 1. The highest BCUT2D eigenvalue weighted by atomic mass is 16.7. The standard InChI is InChI=1S/C9H13NO3/c11-9-8-6-3-1-2-4-10(6)13-7(8)5-12-9/h6-8H,1-5H2/t6-,7+,8+/m1/s1. The lowest BCUT2D eigenvalue weighted by molar-refractivity contribution is -0.181. The third kappa shape index (κ3) is 1.02. The monoisotopic (exact) mass is 183 g/mol. The molecule has 3 saturated heterocycles. The van der Waals surface area contributed by atoms with Crippen molar-refractivity contribution in [2.45, 2.75) is 31.4 Å². The number of hydrogen-bond acceptors (Lipinski definition) is 4. The molecule has 3 rings (SSSR count). The zero-order valence-corrected chi connectivity index (χ0v) is 7.44.